The molecule has 3 rings (SSSR count). The first kappa shape index (κ1) is 18.0. The summed E-state index contributed by atoms with van der Waals surface area (Å²) in [6, 6.07) is 3.29. The molecule has 6 nitrogen and oxygen atoms in total. The predicted octanol–water partition coefficient (Wildman–Crippen LogP) is 2.79. The fourth-order valence-corrected chi connectivity index (χ4v) is 4.07. The summed E-state index contributed by atoms with van der Waals surface area (Å²) in [5.74, 6) is 0.352. The number of ether oxygens (including phenoxy) is 3. The number of rotatable bonds is 5. The summed E-state index contributed by atoms with van der Waals surface area (Å²) in [5, 5.41) is 9.98. The molecular weight excluding hydrogens is 362 g/mol. The van der Waals surface area contributed by atoms with Gasteiger partial charge in [-0.05, 0) is 36.6 Å². The summed E-state index contributed by atoms with van der Waals surface area (Å²) in [6.07, 6.45) is 3.74. The van der Waals surface area contributed by atoms with Crippen LogP contribution in [-0.2, 0) is 9.53 Å². The molecule has 0 radical (unpaired) electrons. The van der Waals surface area contributed by atoms with E-state index in [0.29, 0.717) is 21.3 Å². The van der Waals surface area contributed by atoms with Gasteiger partial charge in [-0.25, -0.2) is 0 Å². The molecule has 0 unspecified atom stereocenters. The Labute approximate surface area is 155 Å². The molecule has 2 saturated heterocycles. The molecule has 0 spiro atoms. The largest absolute Gasteiger partial charge is 0.502 e. The third kappa shape index (κ3) is 3.75. The van der Waals surface area contributed by atoms with E-state index in [9.17, 15) is 9.90 Å². The predicted molar refractivity (Wildman–Crippen MR) is 100 cm³/mol. The number of hydrogen-bond acceptors (Lipinski definition) is 7. The number of carbonyl (C=O) groups is 1. The maximum Gasteiger partial charge on any atom is 0.266 e. The zero-order valence-electron chi connectivity index (χ0n) is 14.0. The molecule has 8 heteroatoms. The van der Waals surface area contributed by atoms with Crippen molar-refractivity contribution < 1.29 is 24.1 Å². The van der Waals surface area contributed by atoms with Crippen LogP contribution in [0, 0.1) is 0 Å². The molecule has 1 amide bonds. The van der Waals surface area contributed by atoms with E-state index in [-0.39, 0.29) is 29.3 Å². The van der Waals surface area contributed by atoms with Crippen molar-refractivity contribution in [3.05, 3.63) is 22.6 Å². The van der Waals surface area contributed by atoms with Crippen LogP contribution in [0.15, 0.2) is 17.0 Å². The van der Waals surface area contributed by atoms with Crippen molar-refractivity contribution in [2.75, 3.05) is 27.4 Å². The first-order valence-corrected chi connectivity index (χ1v) is 9.08. The van der Waals surface area contributed by atoms with Crippen LogP contribution in [0.5, 0.6) is 17.2 Å². The van der Waals surface area contributed by atoms with Crippen molar-refractivity contribution in [3.8, 4) is 17.2 Å². The Bertz CT molecular complexity index is 703. The molecule has 134 valence electrons. The van der Waals surface area contributed by atoms with Crippen molar-refractivity contribution >= 4 is 40.3 Å². The molecule has 1 aromatic carbocycles. The fourth-order valence-electron chi connectivity index (χ4n) is 2.80. The van der Waals surface area contributed by atoms with Gasteiger partial charge < -0.3 is 19.3 Å². The van der Waals surface area contributed by atoms with E-state index < -0.39 is 0 Å². The zero-order valence-corrected chi connectivity index (χ0v) is 15.6. The van der Waals surface area contributed by atoms with Gasteiger partial charge in [-0.1, -0.05) is 24.0 Å². The summed E-state index contributed by atoms with van der Waals surface area (Å²) in [4.78, 5) is 14.8. The number of amides is 1. The second kappa shape index (κ2) is 7.63. The van der Waals surface area contributed by atoms with Gasteiger partial charge in [0.15, 0.2) is 11.5 Å². The van der Waals surface area contributed by atoms with Crippen molar-refractivity contribution in [1.29, 1.82) is 0 Å². The second-order valence-electron chi connectivity index (χ2n) is 5.70. The molecule has 0 saturated carbocycles. The molecule has 2 fully saturated rings. The Kier molecular flexibility index (Phi) is 5.51. The highest BCUT2D eigenvalue weighted by atomic mass is 32.2. The molecule has 1 atom stereocenters. The van der Waals surface area contributed by atoms with E-state index in [1.54, 1.807) is 23.1 Å². The Morgan fingerprint density at radius 3 is 2.64 bits per heavy atom. The van der Waals surface area contributed by atoms with Crippen molar-refractivity contribution in [3.63, 3.8) is 0 Å². The van der Waals surface area contributed by atoms with Crippen LogP contribution in [0.1, 0.15) is 18.4 Å². The van der Waals surface area contributed by atoms with E-state index >= 15 is 0 Å². The average molecular weight is 381 g/mol. The maximum absolute atomic E-state index is 12.7. The summed E-state index contributed by atoms with van der Waals surface area (Å²) < 4.78 is 16.4. The number of methoxy groups -OCH3 is 2. The Morgan fingerprint density at radius 1 is 1.40 bits per heavy atom. The Hall–Kier alpha value is -1.77. The van der Waals surface area contributed by atoms with Gasteiger partial charge in [-0.2, -0.15) is 0 Å². The maximum atomic E-state index is 12.7. The second-order valence-corrected chi connectivity index (χ2v) is 7.38. The van der Waals surface area contributed by atoms with Crippen LogP contribution in [0.25, 0.3) is 6.08 Å². The van der Waals surface area contributed by atoms with Crippen molar-refractivity contribution in [1.82, 2.24) is 4.90 Å². The van der Waals surface area contributed by atoms with E-state index in [4.69, 9.17) is 26.4 Å². The Morgan fingerprint density at radius 2 is 2.08 bits per heavy atom. The van der Waals surface area contributed by atoms with Gasteiger partial charge in [-0.3, -0.25) is 9.69 Å². The topological polar surface area (TPSA) is 68.2 Å². The standard InChI is InChI=1S/C17H19NO5S2/c1-21-12-6-10(7-13(22-2)15(12)19)8-14-16(20)18(17(24)25-14)9-11-4-3-5-23-11/h6-8,11,19H,3-5,9H2,1-2H3/b14-8-/t11-/m1/s1. The summed E-state index contributed by atoms with van der Waals surface area (Å²) in [5.41, 5.74) is 0.684. The van der Waals surface area contributed by atoms with Gasteiger partial charge in [-0.15, -0.1) is 0 Å². The molecule has 1 aromatic rings. The molecular formula is C17H19NO5S2. The number of benzene rings is 1. The Balaban J connectivity index is 1.84. The first-order valence-electron chi connectivity index (χ1n) is 7.85. The lowest BCUT2D eigenvalue weighted by atomic mass is 10.1. The SMILES string of the molecule is COc1cc(/C=C2\SC(=S)N(C[C@H]3CCCO3)C2=O)cc(OC)c1O. The number of hydrogen-bond donors (Lipinski definition) is 1. The smallest absolute Gasteiger partial charge is 0.266 e. The van der Waals surface area contributed by atoms with Gasteiger partial charge >= 0.3 is 0 Å². The monoisotopic (exact) mass is 381 g/mol. The lowest BCUT2D eigenvalue weighted by molar-refractivity contribution is -0.123. The van der Waals surface area contributed by atoms with Gasteiger partial charge in [0.05, 0.1) is 31.8 Å². The molecule has 0 aromatic heterocycles. The highest BCUT2D eigenvalue weighted by Gasteiger charge is 2.34. The van der Waals surface area contributed by atoms with Crippen molar-refractivity contribution in [2.45, 2.75) is 18.9 Å². The molecule has 0 bridgehead atoms. The van der Waals surface area contributed by atoms with Crippen LogP contribution in [0.3, 0.4) is 0 Å². The van der Waals surface area contributed by atoms with Gasteiger partial charge in [0.25, 0.3) is 5.91 Å². The van der Waals surface area contributed by atoms with Crippen LogP contribution < -0.4 is 9.47 Å². The van der Waals surface area contributed by atoms with Gasteiger partial charge in [0.2, 0.25) is 5.75 Å². The number of nitrogens with zero attached hydrogens (tertiary/aromatic N) is 1. The van der Waals surface area contributed by atoms with E-state index in [1.807, 2.05) is 0 Å². The van der Waals surface area contributed by atoms with Gasteiger partial charge in [0.1, 0.15) is 4.32 Å². The van der Waals surface area contributed by atoms with E-state index in [1.165, 1.54) is 26.0 Å². The number of thioether (sulfide) groups is 1. The fraction of sp³-hybridized carbons (Fsp3) is 0.412. The normalized spacial score (nSPS) is 22.1. The molecule has 25 heavy (non-hydrogen) atoms. The number of phenolic OH excluding ortho intramolecular Hbond substituents is 1. The molecule has 2 heterocycles. The summed E-state index contributed by atoms with van der Waals surface area (Å²) >= 11 is 6.61. The average Bonchev–Trinajstić information content (AvgIpc) is 3.20. The zero-order chi connectivity index (χ0) is 18.0. The lowest BCUT2D eigenvalue weighted by Gasteiger charge is -2.18. The first-order chi connectivity index (χ1) is 12.0. The van der Waals surface area contributed by atoms with Crippen LogP contribution >= 0.6 is 24.0 Å². The molecule has 2 aliphatic rings. The van der Waals surface area contributed by atoms with E-state index in [0.717, 1.165) is 19.4 Å². The lowest BCUT2D eigenvalue weighted by Crippen LogP contribution is -2.35. The van der Waals surface area contributed by atoms with Crippen molar-refractivity contribution in [2.24, 2.45) is 0 Å². The number of phenols is 1. The molecule has 0 aliphatic carbocycles. The number of carbonyl (C=O) groups excluding carboxylic acids is 1. The highest BCUT2D eigenvalue weighted by molar-refractivity contribution is 8.26. The third-order valence-electron chi connectivity index (χ3n) is 4.08. The van der Waals surface area contributed by atoms with Crippen LogP contribution in [0.2, 0.25) is 0 Å². The summed E-state index contributed by atoms with van der Waals surface area (Å²) in [6.45, 7) is 1.23. The quantitative estimate of drug-likeness (QED) is 0.621. The minimum absolute atomic E-state index is 0.0516. The van der Waals surface area contributed by atoms with Crippen LogP contribution in [0.4, 0.5) is 0 Å². The third-order valence-corrected chi connectivity index (χ3v) is 5.46. The minimum atomic E-state index is -0.128. The van der Waals surface area contributed by atoms with Gasteiger partial charge in [0, 0.05) is 6.61 Å². The number of aromatic hydroxyl groups is 1. The molecule has 2 aliphatic heterocycles. The molecule has 1 N–H and O–H groups in total. The highest BCUT2D eigenvalue weighted by Crippen LogP contribution is 2.39. The minimum Gasteiger partial charge on any atom is -0.502 e. The van der Waals surface area contributed by atoms with E-state index in [2.05, 4.69) is 0 Å². The van der Waals surface area contributed by atoms with Crippen LogP contribution in [-0.4, -0.2) is 53.7 Å². The number of thiocarbonyl (C=S) groups is 1. The summed E-state index contributed by atoms with van der Waals surface area (Å²) in [7, 11) is 2.92.